The van der Waals surface area contributed by atoms with Gasteiger partial charge in [-0.3, -0.25) is 4.79 Å². The van der Waals surface area contributed by atoms with E-state index >= 15 is 0 Å². The number of rotatable bonds is 5. The van der Waals surface area contributed by atoms with Crippen molar-refractivity contribution in [1.82, 2.24) is 5.32 Å². The predicted octanol–water partition coefficient (Wildman–Crippen LogP) is 3.33. The highest BCUT2D eigenvalue weighted by molar-refractivity contribution is 5.95. The van der Waals surface area contributed by atoms with E-state index in [1.165, 1.54) is 26.4 Å². The van der Waals surface area contributed by atoms with Gasteiger partial charge in [0, 0.05) is 5.56 Å². The van der Waals surface area contributed by atoms with Gasteiger partial charge in [-0.05, 0) is 42.8 Å². The van der Waals surface area contributed by atoms with Gasteiger partial charge in [0.1, 0.15) is 5.82 Å². The van der Waals surface area contributed by atoms with Crippen molar-refractivity contribution in [3.05, 3.63) is 59.4 Å². The molecule has 2 aromatic rings. The summed E-state index contributed by atoms with van der Waals surface area (Å²) in [6, 6.07) is 10.8. The zero-order chi connectivity index (χ0) is 16.1. The molecule has 4 nitrogen and oxygen atoms in total. The zero-order valence-electron chi connectivity index (χ0n) is 12.7. The number of amides is 1. The van der Waals surface area contributed by atoms with Crippen molar-refractivity contribution in [2.45, 2.75) is 13.0 Å². The standard InChI is InChI=1S/C17H18FNO3/c1-11(12-4-7-14(18)8-5-12)19-17(20)13-6-9-15(21-2)16(10-13)22-3/h4-11H,1-3H3,(H,19,20)/t11-/m0/s1. The van der Waals surface area contributed by atoms with Crippen LogP contribution in [0.15, 0.2) is 42.5 Å². The Kier molecular flexibility index (Phi) is 4.99. The Balaban J connectivity index is 2.13. The minimum atomic E-state index is -0.304. The van der Waals surface area contributed by atoms with Crippen LogP contribution in [0.5, 0.6) is 11.5 Å². The SMILES string of the molecule is COc1ccc(C(=O)N[C@@H](C)c2ccc(F)cc2)cc1OC. The van der Waals surface area contributed by atoms with Crippen LogP contribution >= 0.6 is 0 Å². The molecule has 2 aromatic carbocycles. The summed E-state index contributed by atoms with van der Waals surface area (Å²) in [6.07, 6.45) is 0. The van der Waals surface area contributed by atoms with Crippen LogP contribution in [0, 0.1) is 5.82 Å². The van der Waals surface area contributed by atoms with Gasteiger partial charge in [-0.1, -0.05) is 12.1 Å². The number of carbonyl (C=O) groups excluding carboxylic acids is 1. The van der Waals surface area contributed by atoms with E-state index in [1.54, 1.807) is 30.3 Å². The molecule has 5 heteroatoms. The van der Waals surface area contributed by atoms with Gasteiger partial charge in [-0.25, -0.2) is 4.39 Å². The van der Waals surface area contributed by atoms with E-state index in [0.29, 0.717) is 17.1 Å². The average molecular weight is 303 g/mol. The van der Waals surface area contributed by atoms with E-state index in [-0.39, 0.29) is 17.8 Å². The number of hydrogen-bond acceptors (Lipinski definition) is 3. The van der Waals surface area contributed by atoms with E-state index in [2.05, 4.69) is 5.32 Å². The van der Waals surface area contributed by atoms with Gasteiger partial charge >= 0.3 is 0 Å². The zero-order valence-corrected chi connectivity index (χ0v) is 12.7. The summed E-state index contributed by atoms with van der Waals surface area (Å²) in [5.74, 6) is 0.509. The summed E-state index contributed by atoms with van der Waals surface area (Å²) >= 11 is 0. The smallest absolute Gasteiger partial charge is 0.251 e. The minimum Gasteiger partial charge on any atom is -0.493 e. The summed E-state index contributed by atoms with van der Waals surface area (Å²) in [6.45, 7) is 1.84. The molecule has 0 aliphatic rings. The monoisotopic (exact) mass is 303 g/mol. The first-order valence-electron chi connectivity index (χ1n) is 6.83. The van der Waals surface area contributed by atoms with Gasteiger partial charge in [0.15, 0.2) is 11.5 Å². The normalized spacial score (nSPS) is 11.6. The largest absolute Gasteiger partial charge is 0.493 e. The van der Waals surface area contributed by atoms with Crippen molar-refractivity contribution in [3.63, 3.8) is 0 Å². The molecule has 1 atom stereocenters. The first-order chi connectivity index (χ1) is 10.5. The molecule has 0 aliphatic heterocycles. The highest BCUT2D eigenvalue weighted by Crippen LogP contribution is 2.27. The van der Waals surface area contributed by atoms with Gasteiger partial charge in [0.05, 0.1) is 20.3 Å². The molecule has 0 saturated heterocycles. The summed E-state index contributed by atoms with van der Waals surface area (Å²) in [5, 5.41) is 2.86. The van der Waals surface area contributed by atoms with Gasteiger partial charge in [-0.15, -0.1) is 0 Å². The molecule has 0 aromatic heterocycles. The number of carbonyl (C=O) groups is 1. The number of halogens is 1. The van der Waals surface area contributed by atoms with E-state index in [4.69, 9.17) is 9.47 Å². The number of benzene rings is 2. The molecule has 1 amide bonds. The predicted molar refractivity (Wildman–Crippen MR) is 81.8 cm³/mol. The summed E-state index contributed by atoms with van der Waals surface area (Å²) in [5.41, 5.74) is 1.29. The number of methoxy groups -OCH3 is 2. The van der Waals surface area contributed by atoms with Crippen molar-refractivity contribution in [2.75, 3.05) is 14.2 Å². The Bertz CT molecular complexity index is 655. The van der Waals surface area contributed by atoms with Crippen LogP contribution in [0.3, 0.4) is 0 Å². The van der Waals surface area contributed by atoms with Gasteiger partial charge in [-0.2, -0.15) is 0 Å². The fraction of sp³-hybridized carbons (Fsp3) is 0.235. The minimum absolute atomic E-state index is 0.235. The average Bonchev–Trinajstić information content (AvgIpc) is 2.54. The van der Waals surface area contributed by atoms with E-state index in [1.807, 2.05) is 6.92 Å². The van der Waals surface area contributed by atoms with E-state index in [0.717, 1.165) is 5.56 Å². The van der Waals surface area contributed by atoms with Crippen LogP contribution in [-0.2, 0) is 0 Å². The van der Waals surface area contributed by atoms with Crippen LogP contribution < -0.4 is 14.8 Å². The van der Waals surface area contributed by atoms with Gasteiger partial charge in [0.25, 0.3) is 5.91 Å². The van der Waals surface area contributed by atoms with E-state index < -0.39 is 0 Å². The van der Waals surface area contributed by atoms with Crippen LogP contribution in [0.2, 0.25) is 0 Å². The van der Waals surface area contributed by atoms with Gasteiger partial charge in [0.2, 0.25) is 0 Å². The Hall–Kier alpha value is -2.56. The van der Waals surface area contributed by atoms with Crippen LogP contribution in [-0.4, -0.2) is 20.1 Å². The summed E-state index contributed by atoms with van der Waals surface area (Å²) in [4.78, 5) is 12.3. The lowest BCUT2D eigenvalue weighted by Gasteiger charge is -2.15. The summed E-state index contributed by atoms with van der Waals surface area (Å²) in [7, 11) is 3.05. The van der Waals surface area contributed by atoms with Gasteiger partial charge < -0.3 is 14.8 Å². The molecule has 0 aliphatic carbocycles. The Morgan fingerprint density at radius 2 is 1.68 bits per heavy atom. The van der Waals surface area contributed by atoms with Crippen molar-refractivity contribution in [1.29, 1.82) is 0 Å². The second-order valence-corrected chi connectivity index (χ2v) is 4.82. The van der Waals surface area contributed by atoms with Crippen LogP contribution in [0.4, 0.5) is 4.39 Å². The maximum atomic E-state index is 12.9. The highest BCUT2D eigenvalue weighted by Gasteiger charge is 2.14. The van der Waals surface area contributed by atoms with Crippen LogP contribution in [0.1, 0.15) is 28.9 Å². The fourth-order valence-corrected chi connectivity index (χ4v) is 2.09. The molecule has 22 heavy (non-hydrogen) atoms. The molecule has 0 heterocycles. The Labute approximate surface area is 128 Å². The quantitative estimate of drug-likeness (QED) is 0.921. The Morgan fingerprint density at radius 1 is 1.05 bits per heavy atom. The first-order valence-corrected chi connectivity index (χ1v) is 6.83. The topological polar surface area (TPSA) is 47.6 Å². The third-order valence-electron chi connectivity index (χ3n) is 3.36. The van der Waals surface area contributed by atoms with Crippen LogP contribution in [0.25, 0.3) is 0 Å². The molecule has 0 saturated carbocycles. The maximum Gasteiger partial charge on any atom is 0.251 e. The van der Waals surface area contributed by atoms with Crippen molar-refractivity contribution >= 4 is 5.91 Å². The van der Waals surface area contributed by atoms with Crippen molar-refractivity contribution in [3.8, 4) is 11.5 Å². The molecule has 0 fully saturated rings. The van der Waals surface area contributed by atoms with E-state index in [9.17, 15) is 9.18 Å². The van der Waals surface area contributed by atoms with Crippen molar-refractivity contribution in [2.24, 2.45) is 0 Å². The third-order valence-corrected chi connectivity index (χ3v) is 3.36. The molecular weight excluding hydrogens is 285 g/mol. The molecule has 1 N–H and O–H groups in total. The van der Waals surface area contributed by atoms with Crippen molar-refractivity contribution < 1.29 is 18.7 Å². The molecule has 0 radical (unpaired) electrons. The lowest BCUT2D eigenvalue weighted by molar-refractivity contribution is 0.0939. The molecule has 0 spiro atoms. The lowest BCUT2D eigenvalue weighted by atomic mass is 10.1. The number of ether oxygens (including phenoxy) is 2. The second kappa shape index (κ2) is 6.93. The second-order valence-electron chi connectivity index (χ2n) is 4.82. The molecule has 0 unspecified atom stereocenters. The lowest BCUT2D eigenvalue weighted by Crippen LogP contribution is -2.26. The number of nitrogens with one attached hydrogen (secondary N) is 1. The fourth-order valence-electron chi connectivity index (χ4n) is 2.09. The molecule has 0 bridgehead atoms. The maximum absolute atomic E-state index is 12.9. The number of hydrogen-bond donors (Lipinski definition) is 1. The molecule has 116 valence electrons. The highest BCUT2D eigenvalue weighted by atomic mass is 19.1. The third kappa shape index (κ3) is 3.55. The molecule has 2 rings (SSSR count). The summed E-state index contributed by atoms with van der Waals surface area (Å²) < 4.78 is 23.2. The Morgan fingerprint density at radius 3 is 2.27 bits per heavy atom. The molecular formula is C17H18FNO3. The first kappa shape index (κ1) is 15.8.